The van der Waals surface area contributed by atoms with Gasteiger partial charge in [0, 0.05) is 24.4 Å². The molecule has 1 aromatic carbocycles. The number of para-hydroxylation sites is 1. The first kappa shape index (κ1) is 25.8. The third-order valence-corrected chi connectivity index (χ3v) is 3.43. The molecule has 1 unspecified atom stereocenters. The Kier molecular flexibility index (Phi) is 16.0. The Bertz CT molecular complexity index is 585. The molecule has 0 aliphatic carbocycles. The molecule has 0 bridgehead atoms. The number of benzene rings is 1. The highest BCUT2D eigenvalue weighted by atomic mass is 16.2. The lowest BCUT2D eigenvalue weighted by Gasteiger charge is -2.18. The number of carbonyl (C=O) groups is 1. The van der Waals surface area contributed by atoms with Crippen LogP contribution in [0.5, 0.6) is 0 Å². The normalized spacial score (nSPS) is 18.7. The van der Waals surface area contributed by atoms with Gasteiger partial charge >= 0.3 is 0 Å². The van der Waals surface area contributed by atoms with E-state index in [-0.39, 0.29) is 11.8 Å². The van der Waals surface area contributed by atoms with Gasteiger partial charge in [-0.1, -0.05) is 71.9 Å². The third-order valence-electron chi connectivity index (χ3n) is 3.43. The van der Waals surface area contributed by atoms with E-state index in [9.17, 15) is 4.79 Å². The summed E-state index contributed by atoms with van der Waals surface area (Å²) < 4.78 is 0. The minimum atomic E-state index is -0.0256. The van der Waals surface area contributed by atoms with Crippen molar-refractivity contribution in [1.29, 1.82) is 0 Å². The van der Waals surface area contributed by atoms with E-state index in [2.05, 4.69) is 31.2 Å². The maximum Gasteiger partial charge on any atom is 0.277 e. The van der Waals surface area contributed by atoms with Gasteiger partial charge in [-0.15, -0.1) is 13.2 Å². The van der Waals surface area contributed by atoms with Crippen LogP contribution in [0.1, 0.15) is 48.0 Å². The molecule has 1 amide bonds. The molecule has 1 aliphatic heterocycles. The molecular formula is C23H36N2O. The summed E-state index contributed by atoms with van der Waals surface area (Å²) in [5.41, 5.74) is 2.48. The molecule has 1 atom stereocenters. The van der Waals surface area contributed by atoms with Crippen molar-refractivity contribution < 1.29 is 4.79 Å². The summed E-state index contributed by atoms with van der Waals surface area (Å²) in [5.74, 6) is -0.00318. The van der Waals surface area contributed by atoms with E-state index >= 15 is 0 Å². The Morgan fingerprint density at radius 1 is 1.12 bits per heavy atom. The highest BCUT2D eigenvalue weighted by molar-refractivity contribution is 6.48. The second-order valence-corrected chi connectivity index (χ2v) is 4.73. The molecule has 0 spiro atoms. The van der Waals surface area contributed by atoms with Crippen LogP contribution in [0.4, 0.5) is 5.69 Å². The maximum absolute atomic E-state index is 12.5. The molecule has 2 rings (SSSR count). The fourth-order valence-electron chi connectivity index (χ4n) is 2.41. The molecule has 1 saturated heterocycles. The molecule has 1 aromatic rings. The van der Waals surface area contributed by atoms with Gasteiger partial charge in [0.2, 0.25) is 0 Å². The lowest BCUT2D eigenvalue weighted by molar-refractivity contribution is -0.111. The van der Waals surface area contributed by atoms with Crippen molar-refractivity contribution >= 4 is 17.3 Å². The first-order valence-corrected chi connectivity index (χ1v) is 9.43. The predicted molar refractivity (Wildman–Crippen MR) is 118 cm³/mol. The molecule has 0 radical (unpaired) electrons. The molecule has 3 nitrogen and oxygen atoms in total. The minimum absolute atomic E-state index is 0.0224. The van der Waals surface area contributed by atoms with Gasteiger partial charge in [-0.3, -0.25) is 14.7 Å². The van der Waals surface area contributed by atoms with Crippen molar-refractivity contribution in [2.24, 2.45) is 10.9 Å². The summed E-state index contributed by atoms with van der Waals surface area (Å²) in [5, 5.41) is 0. The zero-order valence-electron chi connectivity index (χ0n) is 17.6. The number of anilines is 1. The topological polar surface area (TPSA) is 32.7 Å². The summed E-state index contributed by atoms with van der Waals surface area (Å²) >= 11 is 0. The average Bonchev–Trinajstić information content (AvgIpc) is 2.96. The second-order valence-electron chi connectivity index (χ2n) is 4.73. The number of hydrogen-bond acceptors (Lipinski definition) is 2. The standard InChI is InChI=1S/C17H20N2O.2C2H6.C2H4/c1-4-5-7-12-15-13(2)16(18-3)17(20)19(15)14-10-8-6-9-11-14;3*1-2/h5-13H,4H2,1-3H3;2*1-2H3;1-2H2/b7-5-,15-12+,18-16?;;;. The number of rotatable bonds is 3. The van der Waals surface area contributed by atoms with Gasteiger partial charge in [0.05, 0.1) is 0 Å². The summed E-state index contributed by atoms with van der Waals surface area (Å²) in [6.07, 6.45) is 7.07. The third kappa shape index (κ3) is 6.83. The van der Waals surface area contributed by atoms with E-state index < -0.39 is 0 Å². The number of amides is 1. The van der Waals surface area contributed by atoms with Crippen LogP contribution in [-0.4, -0.2) is 18.7 Å². The monoisotopic (exact) mass is 356 g/mol. The zero-order chi connectivity index (χ0) is 20.5. The Morgan fingerprint density at radius 2 is 1.65 bits per heavy atom. The number of hydrogen-bond donors (Lipinski definition) is 0. The molecule has 0 aromatic heterocycles. The van der Waals surface area contributed by atoms with Crippen molar-refractivity contribution in [2.45, 2.75) is 48.0 Å². The predicted octanol–water partition coefficient (Wildman–Crippen LogP) is 6.44. The second kappa shape index (κ2) is 16.1. The van der Waals surface area contributed by atoms with E-state index in [0.717, 1.165) is 17.8 Å². The molecule has 1 aliphatic rings. The van der Waals surface area contributed by atoms with E-state index in [4.69, 9.17) is 0 Å². The van der Waals surface area contributed by atoms with Crippen LogP contribution in [0.2, 0.25) is 0 Å². The molecule has 26 heavy (non-hydrogen) atoms. The zero-order valence-corrected chi connectivity index (χ0v) is 17.6. The van der Waals surface area contributed by atoms with Crippen molar-refractivity contribution in [2.75, 3.05) is 11.9 Å². The Labute approximate surface area is 160 Å². The van der Waals surface area contributed by atoms with Crippen LogP contribution in [0.15, 0.2) is 72.4 Å². The van der Waals surface area contributed by atoms with Gasteiger partial charge in [0.15, 0.2) is 0 Å². The van der Waals surface area contributed by atoms with Crippen LogP contribution in [0.3, 0.4) is 0 Å². The van der Waals surface area contributed by atoms with E-state index in [0.29, 0.717) is 5.71 Å². The van der Waals surface area contributed by atoms with Crippen molar-refractivity contribution in [3.63, 3.8) is 0 Å². The van der Waals surface area contributed by atoms with E-state index in [1.807, 2.05) is 77.1 Å². The van der Waals surface area contributed by atoms with Gasteiger partial charge in [-0.25, -0.2) is 0 Å². The maximum atomic E-state index is 12.5. The lowest BCUT2D eigenvalue weighted by Crippen LogP contribution is -2.26. The van der Waals surface area contributed by atoms with Crippen LogP contribution in [0, 0.1) is 5.92 Å². The Balaban J connectivity index is 0. The van der Waals surface area contributed by atoms with E-state index in [1.54, 1.807) is 11.9 Å². The number of carbonyl (C=O) groups excluding carboxylic acids is 1. The Morgan fingerprint density at radius 3 is 2.12 bits per heavy atom. The van der Waals surface area contributed by atoms with Gasteiger partial charge in [-0.05, 0) is 24.6 Å². The number of aliphatic imine (C=N–C) groups is 1. The smallest absolute Gasteiger partial charge is 0.277 e. The molecule has 0 saturated carbocycles. The summed E-state index contributed by atoms with van der Waals surface area (Å²) in [4.78, 5) is 18.4. The minimum Gasteiger partial charge on any atom is -0.287 e. The highest BCUT2D eigenvalue weighted by Gasteiger charge is 2.38. The molecule has 1 heterocycles. The van der Waals surface area contributed by atoms with E-state index in [1.165, 1.54) is 0 Å². The molecular weight excluding hydrogens is 320 g/mol. The number of nitrogens with zero attached hydrogens (tertiary/aromatic N) is 2. The highest BCUT2D eigenvalue weighted by Crippen LogP contribution is 2.32. The summed E-state index contributed by atoms with van der Waals surface area (Å²) in [7, 11) is 1.68. The summed E-state index contributed by atoms with van der Waals surface area (Å²) in [6.45, 7) is 18.1. The van der Waals surface area contributed by atoms with Crippen LogP contribution in [-0.2, 0) is 4.79 Å². The number of allylic oxidation sites excluding steroid dienone is 4. The summed E-state index contributed by atoms with van der Waals surface area (Å²) in [6, 6.07) is 9.71. The van der Waals surface area contributed by atoms with Gasteiger partial charge < -0.3 is 0 Å². The fraction of sp³-hybridized carbons (Fsp3) is 0.391. The van der Waals surface area contributed by atoms with Crippen molar-refractivity contribution in [3.8, 4) is 0 Å². The van der Waals surface area contributed by atoms with Crippen molar-refractivity contribution in [1.82, 2.24) is 0 Å². The van der Waals surface area contributed by atoms with Crippen LogP contribution >= 0.6 is 0 Å². The van der Waals surface area contributed by atoms with Gasteiger partial charge in [-0.2, -0.15) is 0 Å². The first-order valence-electron chi connectivity index (χ1n) is 9.43. The first-order chi connectivity index (χ1) is 12.7. The molecule has 3 heteroatoms. The largest absolute Gasteiger partial charge is 0.287 e. The van der Waals surface area contributed by atoms with Crippen LogP contribution < -0.4 is 4.90 Å². The fourth-order valence-corrected chi connectivity index (χ4v) is 2.41. The molecule has 144 valence electrons. The SMILES string of the molecule is C=C.CC.CC.CC/C=C\C=C1/C(C)C(=NC)C(=O)N1c1ccccc1. The molecule has 1 fully saturated rings. The van der Waals surface area contributed by atoms with Gasteiger partial charge in [0.1, 0.15) is 5.71 Å². The quantitative estimate of drug-likeness (QED) is 0.573. The lowest BCUT2D eigenvalue weighted by atomic mass is 10.1. The Hall–Kier alpha value is -2.42. The average molecular weight is 357 g/mol. The van der Waals surface area contributed by atoms with Gasteiger partial charge in [0.25, 0.3) is 5.91 Å². The van der Waals surface area contributed by atoms with Crippen molar-refractivity contribution in [3.05, 3.63) is 67.4 Å². The van der Waals surface area contributed by atoms with Crippen LogP contribution in [0.25, 0.3) is 0 Å². The molecule has 0 N–H and O–H groups in total.